The first-order valence-corrected chi connectivity index (χ1v) is 10.3. The van der Waals surface area contributed by atoms with Gasteiger partial charge in [-0.3, -0.25) is 0 Å². The molecule has 8 heteroatoms. The molecular weight excluding hydrogens is 376 g/mol. The van der Waals surface area contributed by atoms with Crippen LogP contribution in [0.3, 0.4) is 0 Å². The van der Waals surface area contributed by atoms with Crippen LogP contribution in [-0.4, -0.2) is 52.1 Å². The summed E-state index contributed by atoms with van der Waals surface area (Å²) in [6, 6.07) is 12.4. The molecule has 1 saturated heterocycles. The predicted molar refractivity (Wildman–Crippen MR) is 99.9 cm³/mol. The molecule has 4 rings (SSSR count). The van der Waals surface area contributed by atoms with E-state index in [1.165, 1.54) is 4.31 Å². The van der Waals surface area contributed by atoms with Crippen LogP contribution in [0, 0.1) is 0 Å². The molecule has 0 saturated carbocycles. The van der Waals surface area contributed by atoms with Crippen molar-refractivity contribution in [2.45, 2.75) is 4.90 Å². The Bertz CT molecular complexity index is 894. The summed E-state index contributed by atoms with van der Waals surface area (Å²) in [7, 11) is -3.56. The molecule has 2 heterocycles. The summed E-state index contributed by atoms with van der Waals surface area (Å²) < 4.78 is 38.4. The maximum Gasteiger partial charge on any atom is 0.243 e. The molecule has 2 aromatic rings. The molecule has 0 bridgehead atoms. The number of piperazine rings is 1. The topological polar surface area (TPSA) is 59.1 Å². The highest BCUT2D eigenvalue weighted by molar-refractivity contribution is 7.89. The second-order valence-corrected chi connectivity index (χ2v) is 8.55. The summed E-state index contributed by atoms with van der Waals surface area (Å²) in [4.78, 5) is 2.40. The Morgan fingerprint density at radius 3 is 2.19 bits per heavy atom. The first kappa shape index (κ1) is 17.5. The van der Waals surface area contributed by atoms with Crippen LogP contribution < -0.4 is 14.4 Å². The number of rotatable bonds is 3. The Labute approximate surface area is 157 Å². The van der Waals surface area contributed by atoms with Gasteiger partial charge in [0, 0.05) is 43.0 Å². The lowest BCUT2D eigenvalue weighted by molar-refractivity contribution is 0.171. The third-order valence-corrected chi connectivity index (χ3v) is 6.73. The maximum absolute atomic E-state index is 13.0. The third-order valence-electron chi connectivity index (χ3n) is 4.58. The van der Waals surface area contributed by atoms with Crippen molar-refractivity contribution in [2.75, 3.05) is 44.3 Å². The summed E-state index contributed by atoms with van der Waals surface area (Å²) in [5, 5.41) is 0.688. The van der Waals surface area contributed by atoms with E-state index in [1.54, 1.807) is 18.2 Å². The zero-order chi connectivity index (χ0) is 18.1. The Morgan fingerprint density at radius 1 is 0.846 bits per heavy atom. The van der Waals surface area contributed by atoms with Crippen LogP contribution in [0.25, 0.3) is 0 Å². The van der Waals surface area contributed by atoms with Crippen LogP contribution >= 0.6 is 11.6 Å². The predicted octanol–water partition coefficient (Wildman–Crippen LogP) is 2.62. The van der Waals surface area contributed by atoms with Crippen LogP contribution in [0.15, 0.2) is 47.4 Å². The standard InChI is InChI=1S/C18H19ClN2O4S/c19-14-1-3-15(4-2-14)20-7-9-21(10-8-20)26(22,23)16-5-6-17-18(13-16)25-12-11-24-17/h1-6,13H,7-12H2. The molecule has 138 valence electrons. The highest BCUT2D eigenvalue weighted by atomic mass is 35.5. The second-order valence-electron chi connectivity index (χ2n) is 6.17. The van der Waals surface area contributed by atoms with E-state index in [1.807, 2.05) is 24.3 Å². The zero-order valence-corrected chi connectivity index (χ0v) is 15.7. The third kappa shape index (κ3) is 3.34. The van der Waals surface area contributed by atoms with Gasteiger partial charge in [-0.25, -0.2) is 8.42 Å². The largest absolute Gasteiger partial charge is 0.486 e. The summed E-state index contributed by atoms with van der Waals surface area (Å²) in [6.07, 6.45) is 0. The van der Waals surface area contributed by atoms with Crippen LogP contribution in [0.5, 0.6) is 11.5 Å². The minimum absolute atomic E-state index is 0.238. The molecule has 0 amide bonds. The summed E-state index contributed by atoms with van der Waals surface area (Å²) in [6.45, 7) is 3.03. The minimum atomic E-state index is -3.56. The summed E-state index contributed by atoms with van der Waals surface area (Å²) in [5.41, 5.74) is 1.05. The highest BCUT2D eigenvalue weighted by Gasteiger charge is 2.29. The number of sulfonamides is 1. The molecule has 0 spiro atoms. The first-order valence-electron chi connectivity index (χ1n) is 8.44. The fourth-order valence-corrected chi connectivity index (χ4v) is 4.74. The van der Waals surface area contributed by atoms with Gasteiger partial charge < -0.3 is 14.4 Å². The zero-order valence-electron chi connectivity index (χ0n) is 14.1. The van der Waals surface area contributed by atoms with Crippen LogP contribution in [0.2, 0.25) is 5.02 Å². The van der Waals surface area contributed by atoms with Gasteiger partial charge in [0.2, 0.25) is 10.0 Å². The lowest BCUT2D eigenvalue weighted by Gasteiger charge is -2.35. The van der Waals surface area contributed by atoms with Crippen molar-refractivity contribution in [3.05, 3.63) is 47.5 Å². The van der Waals surface area contributed by atoms with Gasteiger partial charge in [0.1, 0.15) is 13.2 Å². The Kier molecular flexibility index (Phi) is 4.69. The normalized spacial score (nSPS) is 18.0. The van der Waals surface area contributed by atoms with E-state index in [0.717, 1.165) is 5.69 Å². The molecule has 0 aliphatic carbocycles. The van der Waals surface area contributed by atoms with E-state index < -0.39 is 10.0 Å². The Morgan fingerprint density at radius 2 is 1.50 bits per heavy atom. The van der Waals surface area contributed by atoms with Crippen molar-refractivity contribution in [1.29, 1.82) is 0 Å². The molecule has 6 nitrogen and oxygen atoms in total. The van der Waals surface area contributed by atoms with Gasteiger partial charge in [-0.05, 0) is 36.4 Å². The van der Waals surface area contributed by atoms with Crippen molar-refractivity contribution >= 4 is 27.3 Å². The van der Waals surface area contributed by atoms with E-state index in [-0.39, 0.29) is 4.90 Å². The van der Waals surface area contributed by atoms with E-state index in [0.29, 0.717) is 55.9 Å². The maximum atomic E-state index is 13.0. The van der Waals surface area contributed by atoms with Gasteiger partial charge in [0.05, 0.1) is 4.90 Å². The molecule has 2 aromatic carbocycles. The van der Waals surface area contributed by atoms with Crippen molar-refractivity contribution in [2.24, 2.45) is 0 Å². The quantitative estimate of drug-likeness (QED) is 0.801. The minimum Gasteiger partial charge on any atom is -0.486 e. The molecule has 0 unspecified atom stereocenters. The number of fused-ring (bicyclic) bond motifs is 1. The van der Waals surface area contributed by atoms with Gasteiger partial charge in [0.15, 0.2) is 11.5 Å². The van der Waals surface area contributed by atoms with Gasteiger partial charge in [-0.15, -0.1) is 0 Å². The van der Waals surface area contributed by atoms with Crippen molar-refractivity contribution in [3.63, 3.8) is 0 Å². The summed E-state index contributed by atoms with van der Waals surface area (Å²) >= 11 is 5.93. The van der Waals surface area contributed by atoms with E-state index in [4.69, 9.17) is 21.1 Å². The number of nitrogens with zero attached hydrogens (tertiary/aromatic N) is 2. The average molecular weight is 395 g/mol. The molecule has 2 aliphatic heterocycles. The SMILES string of the molecule is O=S(=O)(c1ccc2c(c1)OCCO2)N1CCN(c2ccc(Cl)cc2)CC1. The number of anilines is 1. The fraction of sp³-hybridized carbons (Fsp3) is 0.333. The van der Waals surface area contributed by atoms with Crippen LogP contribution in [0.4, 0.5) is 5.69 Å². The number of ether oxygens (including phenoxy) is 2. The van der Waals surface area contributed by atoms with E-state index in [9.17, 15) is 8.42 Å². The fourth-order valence-electron chi connectivity index (χ4n) is 3.17. The van der Waals surface area contributed by atoms with Crippen LogP contribution in [-0.2, 0) is 10.0 Å². The van der Waals surface area contributed by atoms with E-state index >= 15 is 0 Å². The lowest BCUT2D eigenvalue weighted by atomic mass is 10.2. The van der Waals surface area contributed by atoms with E-state index in [2.05, 4.69) is 4.90 Å². The average Bonchev–Trinajstić information content (AvgIpc) is 2.68. The monoisotopic (exact) mass is 394 g/mol. The molecule has 0 aromatic heterocycles. The smallest absolute Gasteiger partial charge is 0.243 e. The molecule has 1 fully saturated rings. The molecule has 0 atom stereocenters. The van der Waals surface area contributed by atoms with Gasteiger partial charge in [-0.2, -0.15) is 4.31 Å². The number of hydrogen-bond donors (Lipinski definition) is 0. The molecule has 0 radical (unpaired) electrons. The second kappa shape index (κ2) is 6.98. The summed E-state index contributed by atoms with van der Waals surface area (Å²) in [5.74, 6) is 1.07. The first-order chi connectivity index (χ1) is 12.5. The van der Waals surface area contributed by atoms with Gasteiger partial charge in [0.25, 0.3) is 0 Å². The van der Waals surface area contributed by atoms with Gasteiger partial charge >= 0.3 is 0 Å². The number of halogens is 1. The molecule has 26 heavy (non-hydrogen) atoms. The Balaban J connectivity index is 1.48. The number of benzene rings is 2. The van der Waals surface area contributed by atoms with Crippen molar-refractivity contribution < 1.29 is 17.9 Å². The van der Waals surface area contributed by atoms with Crippen molar-refractivity contribution in [1.82, 2.24) is 4.31 Å². The lowest BCUT2D eigenvalue weighted by Crippen LogP contribution is -2.48. The molecular formula is C18H19ClN2O4S. The molecule has 2 aliphatic rings. The van der Waals surface area contributed by atoms with Crippen LogP contribution in [0.1, 0.15) is 0 Å². The highest BCUT2D eigenvalue weighted by Crippen LogP contribution is 2.33. The number of hydrogen-bond acceptors (Lipinski definition) is 5. The molecule has 0 N–H and O–H groups in total. The van der Waals surface area contributed by atoms with Gasteiger partial charge in [-0.1, -0.05) is 11.6 Å². The van der Waals surface area contributed by atoms with Crippen molar-refractivity contribution in [3.8, 4) is 11.5 Å². The Hall–Kier alpha value is -1.96.